The standard InChI is InChI=1S/C20H25N.ClH/c1-21(2)13-12-20-18(14-16-8-4-3-5-9-16)15-17-10-6-7-11-19(17)20;/h3-11,18,20H,12-15H2,1-2H3;1H. The van der Waals surface area contributed by atoms with Crippen LogP contribution in [0.3, 0.4) is 0 Å². The van der Waals surface area contributed by atoms with Crippen molar-refractivity contribution in [2.75, 3.05) is 20.6 Å². The third-order valence-corrected chi connectivity index (χ3v) is 4.73. The van der Waals surface area contributed by atoms with Crippen molar-refractivity contribution < 1.29 is 0 Å². The summed E-state index contributed by atoms with van der Waals surface area (Å²) in [6, 6.07) is 20.0. The zero-order chi connectivity index (χ0) is 14.7. The van der Waals surface area contributed by atoms with E-state index < -0.39 is 0 Å². The fraction of sp³-hybridized carbons (Fsp3) is 0.400. The maximum absolute atomic E-state index is 2.35. The molecule has 0 aliphatic heterocycles. The summed E-state index contributed by atoms with van der Waals surface area (Å²) in [7, 11) is 4.35. The van der Waals surface area contributed by atoms with E-state index in [0.717, 1.165) is 5.92 Å². The normalized spacial score (nSPS) is 19.8. The Morgan fingerprint density at radius 1 is 0.955 bits per heavy atom. The monoisotopic (exact) mass is 315 g/mol. The molecular weight excluding hydrogens is 290 g/mol. The smallest absolute Gasteiger partial charge is 0.00189 e. The van der Waals surface area contributed by atoms with Gasteiger partial charge < -0.3 is 4.90 Å². The van der Waals surface area contributed by atoms with Gasteiger partial charge in [0, 0.05) is 0 Å². The van der Waals surface area contributed by atoms with Gasteiger partial charge in [-0.3, -0.25) is 0 Å². The Morgan fingerprint density at radius 3 is 2.36 bits per heavy atom. The van der Waals surface area contributed by atoms with Crippen molar-refractivity contribution >= 4 is 12.4 Å². The number of fused-ring (bicyclic) bond motifs is 1. The van der Waals surface area contributed by atoms with Crippen molar-refractivity contribution in [3.8, 4) is 0 Å². The zero-order valence-corrected chi connectivity index (χ0v) is 14.4. The minimum atomic E-state index is 0. The Bertz CT molecular complexity index is 579. The molecule has 118 valence electrons. The molecule has 22 heavy (non-hydrogen) atoms. The van der Waals surface area contributed by atoms with Crippen molar-refractivity contribution in [2.24, 2.45) is 5.92 Å². The van der Waals surface area contributed by atoms with E-state index in [1.165, 1.54) is 31.4 Å². The molecule has 0 N–H and O–H groups in total. The lowest BCUT2D eigenvalue weighted by atomic mass is 9.85. The quantitative estimate of drug-likeness (QED) is 0.782. The Hall–Kier alpha value is -1.31. The number of hydrogen-bond donors (Lipinski definition) is 0. The summed E-state index contributed by atoms with van der Waals surface area (Å²) >= 11 is 0. The summed E-state index contributed by atoms with van der Waals surface area (Å²) in [5, 5.41) is 0. The van der Waals surface area contributed by atoms with Gasteiger partial charge >= 0.3 is 0 Å². The molecule has 0 aromatic heterocycles. The molecule has 1 aliphatic carbocycles. The molecule has 0 heterocycles. The Kier molecular flexibility index (Phi) is 6.05. The van der Waals surface area contributed by atoms with E-state index in [2.05, 4.69) is 73.6 Å². The second kappa shape index (κ2) is 7.80. The van der Waals surface area contributed by atoms with Gasteiger partial charge in [0.05, 0.1) is 0 Å². The summed E-state index contributed by atoms with van der Waals surface area (Å²) < 4.78 is 0. The highest BCUT2D eigenvalue weighted by Crippen LogP contribution is 2.41. The molecule has 3 rings (SSSR count). The molecule has 0 saturated heterocycles. The third-order valence-electron chi connectivity index (χ3n) is 4.73. The maximum Gasteiger partial charge on any atom is -0.00189 e. The van der Waals surface area contributed by atoms with E-state index >= 15 is 0 Å². The van der Waals surface area contributed by atoms with Gasteiger partial charge in [-0.05, 0) is 68.4 Å². The van der Waals surface area contributed by atoms with Crippen LogP contribution in [-0.4, -0.2) is 25.5 Å². The van der Waals surface area contributed by atoms with Crippen LogP contribution in [0.15, 0.2) is 54.6 Å². The topological polar surface area (TPSA) is 3.24 Å². The van der Waals surface area contributed by atoms with E-state index in [9.17, 15) is 0 Å². The average molecular weight is 316 g/mol. The summed E-state index contributed by atoms with van der Waals surface area (Å²) in [6.07, 6.45) is 3.71. The maximum atomic E-state index is 2.35. The number of halogens is 1. The SMILES string of the molecule is CN(C)CCC1c2ccccc2CC1Cc1ccccc1.Cl. The molecule has 0 fully saturated rings. The molecule has 0 spiro atoms. The van der Waals surface area contributed by atoms with Gasteiger partial charge in [0.2, 0.25) is 0 Å². The predicted octanol–water partition coefficient (Wildman–Crippen LogP) is 4.56. The first-order valence-corrected chi connectivity index (χ1v) is 8.00. The van der Waals surface area contributed by atoms with Crippen LogP contribution in [-0.2, 0) is 12.8 Å². The van der Waals surface area contributed by atoms with Crippen molar-refractivity contribution in [1.29, 1.82) is 0 Å². The molecule has 1 nitrogen and oxygen atoms in total. The van der Waals surface area contributed by atoms with Gasteiger partial charge in [0.25, 0.3) is 0 Å². The van der Waals surface area contributed by atoms with Crippen molar-refractivity contribution in [3.63, 3.8) is 0 Å². The molecule has 2 aromatic rings. The minimum Gasteiger partial charge on any atom is -0.309 e. The van der Waals surface area contributed by atoms with E-state index in [4.69, 9.17) is 0 Å². The number of benzene rings is 2. The van der Waals surface area contributed by atoms with Crippen LogP contribution in [0.4, 0.5) is 0 Å². The fourth-order valence-electron chi connectivity index (χ4n) is 3.68. The van der Waals surface area contributed by atoms with E-state index in [1.807, 2.05) is 0 Å². The highest BCUT2D eigenvalue weighted by atomic mass is 35.5. The second-order valence-electron chi connectivity index (χ2n) is 6.55. The summed E-state index contributed by atoms with van der Waals surface area (Å²) in [4.78, 5) is 2.31. The van der Waals surface area contributed by atoms with Crippen molar-refractivity contribution in [1.82, 2.24) is 4.90 Å². The first kappa shape index (κ1) is 17.1. The molecule has 0 amide bonds. The highest BCUT2D eigenvalue weighted by molar-refractivity contribution is 5.85. The Labute approximate surface area is 140 Å². The van der Waals surface area contributed by atoms with Crippen LogP contribution < -0.4 is 0 Å². The highest BCUT2D eigenvalue weighted by Gasteiger charge is 2.31. The largest absolute Gasteiger partial charge is 0.309 e. The van der Waals surface area contributed by atoms with Gasteiger partial charge in [-0.1, -0.05) is 54.6 Å². The average Bonchev–Trinajstić information content (AvgIpc) is 2.83. The number of rotatable bonds is 5. The van der Waals surface area contributed by atoms with Crippen LogP contribution in [0, 0.1) is 5.92 Å². The van der Waals surface area contributed by atoms with Crippen molar-refractivity contribution in [3.05, 3.63) is 71.3 Å². The first-order chi connectivity index (χ1) is 10.2. The van der Waals surface area contributed by atoms with Crippen LogP contribution in [0.2, 0.25) is 0 Å². The summed E-state index contributed by atoms with van der Waals surface area (Å²) in [5.74, 6) is 1.47. The van der Waals surface area contributed by atoms with Gasteiger partial charge in [0.15, 0.2) is 0 Å². The van der Waals surface area contributed by atoms with Crippen LogP contribution >= 0.6 is 12.4 Å². The molecular formula is C20H26ClN. The molecule has 2 heteroatoms. The van der Waals surface area contributed by atoms with Crippen molar-refractivity contribution in [2.45, 2.75) is 25.2 Å². The second-order valence-corrected chi connectivity index (χ2v) is 6.55. The van der Waals surface area contributed by atoms with Crippen LogP contribution in [0.25, 0.3) is 0 Å². The molecule has 0 radical (unpaired) electrons. The first-order valence-electron chi connectivity index (χ1n) is 8.00. The summed E-state index contributed by atoms with van der Waals surface area (Å²) in [6.45, 7) is 1.17. The van der Waals surface area contributed by atoms with E-state index in [1.54, 1.807) is 11.1 Å². The molecule has 2 atom stereocenters. The predicted molar refractivity (Wildman–Crippen MR) is 96.9 cm³/mol. The lowest BCUT2D eigenvalue weighted by Gasteiger charge is -2.22. The third kappa shape index (κ3) is 3.91. The minimum absolute atomic E-state index is 0. The molecule has 1 aliphatic rings. The molecule has 2 unspecified atom stereocenters. The van der Waals surface area contributed by atoms with Crippen LogP contribution in [0.1, 0.15) is 29.0 Å². The van der Waals surface area contributed by atoms with Gasteiger partial charge in [-0.2, -0.15) is 0 Å². The summed E-state index contributed by atoms with van der Waals surface area (Å²) in [5.41, 5.74) is 4.65. The van der Waals surface area contributed by atoms with Gasteiger partial charge in [-0.25, -0.2) is 0 Å². The van der Waals surface area contributed by atoms with E-state index in [-0.39, 0.29) is 12.4 Å². The Morgan fingerprint density at radius 2 is 1.64 bits per heavy atom. The molecule has 2 aromatic carbocycles. The van der Waals surface area contributed by atoms with Gasteiger partial charge in [-0.15, -0.1) is 12.4 Å². The van der Waals surface area contributed by atoms with Gasteiger partial charge in [0.1, 0.15) is 0 Å². The molecule has 0 saturated carbocycles. The number of nitrogens with zero attached hydrogens (tertiary/aromatic N) is 1. The fourth-order valence-corrected chi connectivity index (χ4v) is 3.68. The zero-order valence-electron chi connectivity index (χ0n) is 13.5. The lowest BCUT2D eigenvalue weighted by Crippen LogP contribution is -2.19. The lowest BCUT2D eigenvalue weighted by molar-refractivity contribution is 0.344. The molecule has 0 bridgehead atoms. The Balaban J connectivity index is 0.00000176. The van der Waals surface area contributed by atoms with Crippen LogP contribution in [0.5, 0.6) is 0 Å². The van der Waals surface area contributed by atoms with E-state index in [0.29, 0.717) is 5.92 Å². The number of hydrogen-bond acceptors (Lipinski definition) is 1.